The molecule has 5 heteroatoms. The van der Waals surface area contributed by atoms with Crippen LogP contribution in [0.25, 0.3) is 11.4 Å². The van der Waals surface area contributed by atoms with Crippen LogP contribution in [0.1, 0.15) is 38.8 Å². The van der Waals surface area contributed by atoms with Crippen LogP contribution in [-0.2, 0) is 17.8 Å². The maximum atomic E-state index is 12.4. The molecule has 1 fully saturated rings. The first-order chi connectivity index (χ1) is 12.5. The lowest BCUT2D eigenvalue weighted by Gasteiger charge is -2.19. The summed E-state index contributed by atoms with van der Waals surface area (Å²) in [6.45, 7) is 8.01. The van der Waals surface area contributed by atoms with E-state index in [4.69, 9.17) is 0 Å². The molecule has 0 atom stereocenters. The number of hydrogen-bond donors (Lipinski definition) is 1. The largest absolute Gasteiger partial charge is 0.328 e. The number of carbonyl (C=O) groups excluding carboxylic acids is 1. The van der Waals surface area contributed by atoms with Crippen molar-refractivity contribution in [3.8, 4) is 11.4 Å². The van der Waals surface area contributed by atoms with Gasteiger partial charge in [-0.15, -0.1) is 0 Å². The summed E-state index contributed by atoms with van der Waals surface area (Å²) < 4.78 is 2.32. The van der Waals surface area contributed by atoms with E-state index in [-0.39, 0.29) is 5.91 Å². The standard InChI is InChI=1S/C21H28N4O/c1-21(2)9-11-24(15-21)14-19(26)23-17-7-5-6-16(12-17)20-22-13-18-8-3-4-10-25(18)20/h5-7,12-13H,3-4,8-11,14-15H2,1-2H3,(H,23,26). The van der Waals surface area contributed by atoms with Crippen molar-refractivity contribution in [2.24, 2.45) is 5.41 Å². The lowest BCUT2D eigenvalue weighted by atomic mass is 9.93. The topological polar surface area (TPSA) is 50.2 Å². The first-order valence-corrected chi connectivity index (χ1v) is 9.67. The normalized spacial score (nSPS) is 19.3. The Hall–Kier alpha value is -2.14. The van der Waals surface area contributed by atoms with E-state index in [1.807, 2.05) is 24.4 Å². The number of hydrogen-bond acceptors (Lipinski definition) is 3. The summed E-state index contributed by atoms with van der Waals surface area (Å²) in [5.74, 6) is 1.07. The fraction of sp³-hybridized carbons (Fsp3) is 0.524. The predicted octanol–water partition coefficient (Wildman–Crippen LogP) is 3.56. The molecule has 1 N–H and O–H groups in total. The molecule has 1 aromatic heterocycles. The zero-order valence-corrected chi connectivity index (χ0v) is 15.8. The number of nitrogens with zero attached hydrogens (tertiary/aromatic N) is 3. The molecule has 3 heterocycles. The minimum atomic E-state index is 0.0602. The molecule has 1 amide bonds. The van der Waals surface area contributed by atoms with E-state index in [2.05, 4.69) is 39.7 Å². The highest BCUT2D eigenvalue weighted by molar-refractivity contribution is 5.92. The average molecular weight is 352 g/mol. The van der Waals surface area contributed by atoms with Crippen molar-refractivity contribution >= 4 is 11.6 Å². The van der Waals surface area contributed by atoms with Crippen molar-refractivity contribution in [1.82, 2.24) is 14.5 Å². The summed E-state index contributed by atoms with van der Waals surface area (Å²) in [5, 5.41) is 3.06. The van der Waals surface area contributed by atoms with E-state index in [1.165, 1.54) is 18.5 Å². The van der Waals surface area contributed by atoms with Gasteiger partial charge < -0.3 is 9.88 Å². The van der Waals surface area contributed by atoms with Crippen molar-refractivity contribution < 1.29 is 4.79 Å². The molecule has 1 aromatic carbocycles. The molecule has 2 aliphatic heterocycles. The molecule has 4 rings (SSSR count). The second-order valence-corrected chi connectivity index (χ2v) is 8.44. The van der Waals surface area contributed by atoms with Crippen LogP contribution in [0.5, 0.6) is 0 Å². The third-order valence-electron chi connectivity index (χ3n) is 5.53. The van der Waals surface area contributed by atoms with E-state index in [0.717, 1.165) is 49.6 Å². The second kappa shape index (κ2) is 6.88. The minimum absolute atomic E-state index is 0.0602. The summed E-state index contributed by atoms with van der Waals surface area (Å²) in [7, 11) is 0. The van der Waals surface area contributed by atoms with Gasteiger partial charge in [-0.05, 0) is 49.8 Å². The Bertz CT molecular complexity index is 808. The molecule has 0 aliphatic carbocycles. The third kappa shape index (κ3) is 3.68. The number of imidazole rings is 1. The fourth-order valence-corrected chi connectivity index (χ4v) is 4.17. The van der Waals surface area contributed by atoms with Gasteiger partial charge >= 0.3 is 0 Å². The molecule has 1 saturated heterocycles. The van der Waals surface area contributed by atoms with Crippen LogP contribution in [0, 0.1) is 5.41 Å². The van der Waals surface area contributed by atoms with Crippen LogP contribution in [0.4, 0.5) is 5.69 Å². The van der Waals surface area contributed by atoms with E-state index in [9.17, 15) is 4.79 Å². The van der Waals surface area contributed by atoms with Gasteiger partial charge in [-0.3, -0.25) is 9.69 Å². The number of fused-ring (bicyclic) bond motifs is 1. The highest BCUT2D eigenvalue weighted by atomic mass is 16.2. The number of rotatable bonds is 4. The molecule has 0 bridgehead atoms. The number of aromatic nitrogens is 2. The summed E-state index contributed by atoms with van der Waals surface area (Å²) in [6.07, 6.45) is 6.71. The van der Waals surface area contributed by atoms with Crippen molar-refractivity contribution in [1.29, 1.82) is 0 Å². The number of carbonyl (C=O) groups is 1. The smallest absolute Gasteiger partial charge is 0.238 e. The third-order valence-corrected chi connectivity index (χ3v) is 5.53. The van der Waals surface area contributed by atoms with E-state index in [1.54, 1.807) is 0 Å². The Morgan fingerprint density at radius 2 is 2.15 bits per heavy atom. The highest BCUT2D eigenvalue weighted by Crippen LogP contribution is 2.29. The molecule has 0 spiro atoms. The molecule has 26 heavy (non-hydrogen) atoms. The SMILES string of the molecule is CC1(C)CCN(CC(=O)Nc2cccc(-c3ncc4n3CCCC4)c2)C1. The fourth-order valence-electron chi connectivity index (χ4n) is 4.17. The molecular weight excluding hydrogens is 324 g/mol. The first-order valence-electron chi connectivity index (χ1n) is 9.67. The number of benzene rings is 1. The molecule has 138 valence electrons. The van der Waals surface area contributed by atoms with Gasteiger partial charge in [0, 0.05) is 36.2 Å². The van der Waals surface area contributed by atoms with Crippen LogP contribution in [0.2, 0.25) is 0 Å². The van der Waals surface area contributed by atoms with Crippen LogP contribution in [-0.4, -0.2) is 40.0 Å². The van der Waals surface area contributed by atoms with Crippen molar-refractivity contribution in [3.63, 3.8) is 0 Å². The van der Waals surface area contributed by atoms with Crippen LogP contribution >= 0.6 is 0 Å². The second-order valence-electron chi connectivity index (χ2n) is 8.44. The number of nitrogens with one attached hydrogen (secondary N) is 1. The molecule has 0 radical (unpaired) electrons. The monoisotopic (exact) mass is 352 g/mol. The zero-order valence-electron chi connectivity index (χ0n) is 15.8. The summed E-state index contributed by atoms with van der Waals surface area (Å²) in [6, 6.07) is 8.06. The van der Waals surface area contributed by atoms with Crippen LogP contribution < -0.4 is 5.32 Å². The Kier molecular flexibility index (Phi) is 4.57. The van der Waals surface area contributed by atoms with E-state index in [0.29, 0.717) is 12.0 Å². The maximum absolute atomic E-state index is 12.4. The lowest BCUT2D eigenvalue weighted by molar-refractivity contribution is -0.117. The highest BCUT2D eigenvalue weighted by Gasteiger charge is 2.30. The summed E-state index contributed by atoms with van der Waals surface area (Å²) in [5.41, 5.74) is 3.55. The van der Waals surface area contributed by atoms with E-state index < -0.39 is 0 Å². The Balaban J connectivity index is 1.45. The Morgan fingerprint density at radius 3 is 2.96 bits per heavy atom. The van der Waals surface area contributed by atoms with Crippen LogP contribution in [0.3, 0.4) is 0 Å². The molecule has 2 aliphatic rings. The maximum Gasteiger partial charge on any atom is 0.238 e. The molecule has 5 nitrogen and oxygen atoms in total. The molecule has 0 saturated carbocycles. The Morgan fingerprint density at radius 1 is 1.27 bits per heavy atom. The molecule has 2 aromatic rings. The average Bonchev–Trinajstić information content (AvgIpc) is 3.18. The van der Waals surface area contributed by atoms with Crippen LogP contribution in [0.15, 0.2) is 30.5 Å². The number of likely N-dealkylation sites (tertiary alicyclic amines) is 1. The number of amides is 1. The van der Waals surface area contributed by atoms with Gasteiger partial charge in [0.05, 0.1) is 6.54 Å². The number of anilines is 1. The predicted molar refractivity (Wildman–Crippen MR) is 104 cm³/mol. The van der Waals surface area contributed by atoms with Crippen molar-refractivity contribution in [3.05, 3.63) is 36.2 Å². The van der Waals surface area contributed by atoms with Gasteiger partial charge in [0.15, 0.2) is 0 Å². The van der Waals surface area contributed by atoms with Gasteiger partial charge in [-0.1, -0.05) is 26.0 Å². The van der Waals surface area contributed by atoms with Gasteiger partial charge in [-0.2, -0.15) is 0 Å². The van der Waals surface area contributed by atoms with Crippen molar-refractivity contribution in [2.45, 2.75) is 46.1 Å². The zero-order chi connectivity index (χ0) is 18.1. The lowest BCUT2D eigenvalue weighted by Crippen LogP contribution is -2.32. The minimum Gasteiger partial charge on any atom is -0.328 e. The van der Waals surface area contributed by atoms with Crippen molar-refractivity contribution in [2.75, 3.05) is 25.0 Å². The first kappa shape index (κ1) is 17.3. The van der Waals surface area contributed by atoms with Gasteiger partial charge in [0.1, 0.15) is 5.82 Å². The quantitative estimate of drug-likeness (QED) is 0.915. The van der Waals surface area contributed by atoms with Gasteiger partial charge in [-0.25, -0.2) is 4.98 Å². The molecule has 0 unspecified atom stereocenters. The summed E-state index contributed by atoms with van der Waals surface area (Å²) in [4.78, 5) is 19.3. The number of aryl methyl sites for hydroxylation is 1. The van der Waals surface area contributed by atoms with E-state index >= 15 is 0 Å². The van der Waals surface area contributed by atoms with Gasteiger partial charge in [0.2, 0.25) is 5.91 Å². The molecular formula is C21H28N4O. The Labute approximate surface area is 155 Å². The van der Waals surface area contributed by atoms with Gasteiger partial charge in [0.25, 0.3) is 0 Å². The summed E-state index contributed by atoms with van der Waals surface area (Å²) >= 11 is 0.